The van der Waals surface area contributed by atoms with Gasteiger partial charge in [-0.1, -0.05) is 0 Å². The van der Waals surface area contributed by atoms with Gasteiger partial charge < -0.3 is 20.2 Å². The van der Waals surface area contributed by atoms with Crippen molar-refractivity contribution in [2.24, 2.45) is 0 Å². The normalized spacial score (nSPS) is 16.3. The number of nitrogen functional groups attached to an aromatic ring is 1. The summed E-state index contributed by atoms with van der Waals surface area (Å²) in [4.78, 5) is 26.4. The SMILES string of the molecule is Nc1ccc(C(=O)N2CCN(BC=O)CC2)cc1. The van der Waals surface area contributed by atoms with Crippen molar-refractivity contribution in [1.29, 1.82) is 0 Å². The first-order chi connectivity index (χ1) is 8.70. The van der Waals surface area contributed by atoms with Crippen LogP contribution < -0.4 is 5.73 Å². The number of amides is 1. The van der Waals surface area contributed by atoms with E-state index in [-0.39, 0.29) is 5.91 Å². The Labute approximate surface area is 107 Å². The quantitative estimate of drug-likeness (QED) is 0.445. The molecule has 1 saturated heterocycles. The number of piperazine rings is 1. The molecule has 18 heavy (non-hydrogen) atoms. The van der Waals surface area contributed by atoms with E-state index >= 15 is 0 Å². The summed E-state index contributed by atoms with van der Waals surface area (Å²) in [6.07, 6.45) is 0.900. The molecular weight excluding hydrogens is 229 g/mol. The fourth-order valence-electron chi connectivity index (χ4n) is 2.05. The van der Waals surface area contributed by atoms with Crippen LogP contribution in [0.3, 0.4) is 0 Å². The molecule has 0 aromatic heterocycles. The molecule has 1 aromatic carbocycles. The summed E-state index contributed by atoms with van der Waals surface area (Å²) in [6.45, 7) is 2.83. The molecule has 1 amide bonds. The molecule has 2 N–H and O–H groups in total. The smallest absolute Gasteiger partial charge is 0.281 e. The zero-order valence-electron chi connectivity index (χ0n) is 10.2. The second-order valence-corrected chi connectivity index (χ2v) is 4.38. The molecule has 1 aromatic rings. The maximum atomic E-state index is 12.2. The Morgan fingerprint density at radius 3 is 2.33 bits per heavy atom. The van der Waals surface area contributed by atoms with Crippen LogP contribution in [-0.4, -0.2) is 55.4 Å². The van der Waals surface area contributed by atoms with Crippen LogP contribution in [0.4, 0.5) is 5.69 Å². The highest BCUT2D eigenvalue weighted by Crippen LogP contribution is 2.10. The molecule has 0 radical (unpaired) electrons. The molecule has 1 aliphatic heterocycles. The summed E-state index contributed by atoms with van der Waals surface area (Å²) in [5.41, 5.74) is 6.91. The highest BCUT2D eigenvalue weighted by atomic mass is 16.2. The van der Waals surface area contributed by atoms with E-state index in [0.29, 0.717) is 31.8 Å². The largest absolute Gasteiger partial charge is 0.399 e. The highest BCUT2D eigenvalue weighted by molar-refractivity contribution is 6.64. The highest BCUT2D eigenvalue weighted by Gasteiger charge is 2.21. The van der Waals surface area contributed by atoms with E-state index in [1.807, 2.05) is 9.71 Å². The van der Waals surface area contributed by atoms with Crippen molar-refractivity contribution in [2.45, 2.75) is 0 Å². The predicted molar refractivity (Wildman–Crippen MR) is 72.2 cm³/mol. The fourth-order valence-corrected chi connectivity index (χ4v) is 2.05. The molecule has 0 unspecified atom stereocenters. The summed E-state index contributed by atoms with van der Waals surface area (Å²) in [5.74, 6) is 0.0285. The van der Waals surface area contributed by atoms with Crippen LogP contribution in [-0.2, 0) is 4.79 Å². The number of carbonyl (C=O) groups is 2. The number of nitrogens with two attached hydrogens (primary N) is 1. The molecular formula is C12H16BN3O2. The fraction of sp³-hybridized carbons (Fsp3) is 0.333. The maximum absolute atomic E-state index is 12.2. The van der Waals surface area contributed by atoms with Crippen molar-refractivity contribution >= 4 is 25.2 Å². The first kappa shape index (κ1) is 12.6. The molecule has 0 atom stereocenters. The topological polar surface area (TPSA) is 66.6 Å². The summed E-state index contributed by atoms with van der Waals surface area (Å²) in [5, 5.41) is 0. The van der Waals surface area contributed by atoms with Gasteiger partial charge in [-0.3, -0.25) is 4.79 Å². The van der Waals surface area contributed by atoms with Crippen molar-refractivity contribution in [2.75, 3.05) is 31.9 Å². The van der Waals surface area contributed by atoms with Crippen LogP contribution in [0.5, 0.6) is 0 Å². The molecule has 0 aliphatic carbocycles. The molecule has 0 bridgehead atoms. The summed E-state index contributed by atoms with van der Waals surface area (Å²) in [7, 11) is 0.448. The van der Waals surface area contributed by atoms with Gasteiger partial charge in [0.25, 0.3) is 13.3 Å². The van der Waals surface area contributed by atoms with Crippen LogP contribution in [0, 0.1) is 0 Å². The van der Waals surface area contributed by atoms with Crippen molar-refractivity contribution in [3.8, 4) is 0 Å². The van der Waals surface area contributed by atoms with E-state index in [4.69, 9.17) is 5.73 Å². The van der Waals surface area contributed by atoms with Crippen molar-refractivity contribution in [3.05, 3.63) is 29.8 Å². The molecule has 2 rings (SSSR count). The average molecular weight is 245 g/mol. The van der Waals surface area contributed by atoms with Gasteiger partial charge in [-0.15, -0.1) is 0 Å². The van der Waals surface area contributed by atoms with Crippen LogP contribution >= 0.6 is 0 Å². The Morgan fingerprint density at radius 1 is 1.17 bits per heavy atom. The maximum Gasteiger partial charge on any atom is 0.281 e. The predicted octanol–water partition coefficient (Wildman–Crippen LogP) is -0.432. The number of rotatable bonds is 3. The van der Waals surface area contributed by atoms with Crippen LogP contribution in [0.2, 0.25) is 0 Å². The van der Waals surface area contributed by atoms with Gasteiger partial charge >= 0.3 is 0 Å². The minimum Gasteiger partial charge on any atom is -0.399 e. The number of nitrogens with zero attached hydrogens (tertiary/aromatic N) is 2. The number of benzene rings is 1. The monoisotopic (exact) mass is 245 g/mol. The molecule has 6 heteroatoms. The number of anilines is 1. The van der Waals surface area contributed by atoms with Gasteiger partial charge in [0, 0.05) is 37.4 Å². The average Bonchev–Trinajstić information content (AvgIpc) is 2.40. The second kappa shape index (κ2) is 5.68. The molecule has 1 heterocycles. The minimum atomic E-state index is 0.0285. The van der Waals surface area contributed by atoms with E-state index in [1.54, 1.807) is 24.3 Å². The first-order valence-electron chi connectivity index (χ1n) is 6.01. The van der Waals surface area contributed by atoms with Crippen LogP contribution in [0.1, 0.15) is 10.4 Å². The third kappa shape index (κ3) is 2.90. The molecule has 1 fully saturated rings. The Hall–Kier alpha value is -1.82. The van der Waals surface area contributed by atoms with Crippen LogP contribution in [0.15, 0.2) is 24.3 Å². The Kier molecular flexibility index (Phi) is 3.99. The van der Waals surface area contributed by atoms with Gasteiger partial charge in [0.05, 0.1) is 6.19 Å². The van der Waals surface area contributed by atoms with Crippen molar-refractivity contribution in [1.82, 2.24) is 9.71 Å². The van der Waals surface area contributed by atoms with E-state index in [1.165, 1.54) is 0 Å². The zero-order valence-corrected chi connectivity index (χ0v) is 10.2. The molecule has 0 spiro atoms. The van der Waals surface area contributed by atoms with Gasteiger partial charge in [0.2, 0.25) is 0 Å². The lowest BCUT2D eigenvalue weighted by Gasteiger charge is -2.33. The Morgan fingerprint density at radius 2 is 1.78 bits per heavy atom. The lowest BCUT2D eigenvalue weighted by molar-refractivity contribution is 0.0699. The summed E-state index contributed by atoms with van der Waals surface area (Å²) < 4.78 is 0. The lowest BCUT2D eigenvalue weighted by atomic mass is 9.93. The van der Waals surface area contributed by atoms with Gasteiger partial charge in [0.15, 0.2) is 0 Å². The van der Waals surface area contributed by atoms with Crippen LogP contribution in [0.25, 0.3) is 0 Å². The number of hydrogen-bond acceptors (Lipinski definition) is 4. The van der Waals surface area contributed by atoms with E-state index in [2.05, 4.69) is 0 Å². The van der Waals surface area contributed by atoms with Gasteiger partial charge in [0.1, 0.15) is 0 Å². The second-order valence-electron chi connectivity index (χ2n) is 4.38. The molecule has 94 valence electrons. The summed E-state index contributed by atoms with van der Waals surface area (Å²) in [6, 6.07) is 6.96. The zero-order chi connectivity index (χ0) is 13.0. The minimum absolute atomic E-state index is 0.0285. The molecule has 5 nitrogen and oxygen atoms in total. The Bertz CT molecular complexity index is 427. The van der Waals surface area contributed by atoms with Gasteiger partial charge in [-0.05, 0) is 24.3 Å². The first-order valence-corrected chi connectivity index (χ1v) is 6.01. The van der Waals surface area contributed by atoms with Gasteiger partial charge in [-0.25, -0.2) is 0 Å². The lowest BCUT2D eigenvalue weighted by Crippen LogP contribution is -2.50. The number of carbonyl (C=O) groups excluding carboxylic acids is 2. The third-order valence-corrected chi connectivity index (χ3v) is 3.15. The van der Waals surface area contributed by atoms with Gasteiger partial charge in [-0.2, -0.15) is 0 Å². The number of hydrogen-bond donors (Lipinski definition) is 1. The van der Waals surface area contributed by atoms with Crippen molar-refractivity contribution < 1.29 is 9.59 Å². The Balaban J connectivity index is 1.95. The molecule has 0 saturated carbocycles. The summed E-state index contributed by atoms with van der Waals surface area (Å²) >= 11 is 0. The van der Waals surface area contributed by atoms with E-state index in [9.17, 15) is 9.59 Å². The van der Waals surface area contributed by atoms with E-state index in [0.717, 1.165) is 19.3 Å². The standard InChI is InChI=1S/C12H16BN3O2/c14-11-3-1-10(2-4-11)12(18)15-5-7-16(8-6-15)13-9-17/h1-4,9,13H,5-8,14H2. The molecule has 1 aliphatic rings. The van der Waals surface area contributed by atoms with E-state index < -0.39 is 0 Å². The third-order valence-electron chi connectivity index (χ3n) is 3.15. The van der Waals surface area contributed by atoms with Crippen molar-refractivity contribution in [3.63, 3.8) is 0 Å².